The summed E-state index contributed by atoms with van der Waals surface area (Å²) in [7, 11) is 0. The molecule has 4 heteroatoms. The average Bonchev–Trinajstić information content (AvgIpc) is 2.17. The number of carboxylic acid groups (broad SMARTS) is 1. The summed E-state index contributed by atoms with van der Waals surface area (Å²) in [5, 5.41) is 8.74. The second-order valence-corrected chi connectivity index (χ2v) is 3.49. The van der Waals surface area contributed by atoms with E-state index in [1.54, 1.807) is 24.4 Å². The largest absolute Gasteiger partial charge is 0.478 e. The Balaban J connectivity index is 2.48. The summed E-state index contributed by atoms with van der Waals surface area (Å²) in [4.78, 5) is 11.7. The third-order valence-electron chi connectivity index (χ3n) is 1.76. The van der Waals surface area contributed by atoms with Crippen molar-refractivity contribution < 1.29 is 9.90 Å². The number of rotatable bonds is 1. The molecule has 0 spiro atoms. The summed E-state index contributed by atoms with van der Waals surface area (Å²) < 4.78 is 2.98. The molecule has 3 nitrogen and oxygen atoms in total. The number of aromatic carboxylic acids is 1. The van der Waals surface area contributed by atoms with Crippen molar-refractivity contribution in [3.8, 4) is 0 Å². The number of hydrogen-bond donors (Lipinski definition) is 2. The van der Waals surface area contributed by atoms with Crippen LogP contribution in [0.15, 0.2) is 29.3 Å². The van der Waals surface area contributed by atoms with E-state index in [2.05, 4.69) is 4.72 Å². The van der Waals surface area contributed by atoms with Crippen molar-refractivity contribution in [3.63, 3.8) is 0 Å². The lowest BCUT2D eigenvalue weighted by molar-refractivity contribution is 0.0697. The van der Waals surface area contributed by atoms with E-state index >= 15 is 0 Å². The summed E-state index contributed by atoms with van der Waals surface area (Å²) in [5.41, 5.74) is 1.27. The molecular weight excluding hydrogens is 186 g/mol. The first-order chi connectivity index (χ1) is 6.27. The van der Waals surface area contributed by atoms with E-state index in [0.717, 1.165) is 10.5 Å². The zero-order valence-corrected chi connectivity index (χ0v) is 7.47. The maximum absolute atomic E-state index is 10.6. The van der Waals surface area contributed by atoms with E-state index < -0.39 is 5.97 Å². The smallest absolute Gasteiger partial charge is 0.335 e. The van der Waals surface area contributed by atoms with Gasteiger partial charge >= 0.3 is 5.97 Å². The minimum absolute atomic E-state index is 0.325. The Morgan fingerprint density at radius 3 is 3.08 bits per heavy atom. The molecule has 66 valence electrons. The molecule has 0 atom stereocenters. The Kier molecular flexibility index (Phi) is 1.98. The van der Waals surface area contributed by atoms with Gasteiger partial charge in [-0.25, -0.2) is 4.79 Å². The fourth-order valence-corrected chi connectivity index (χ4v) is 1.77. The molecule has 1 aliphatic rings. The quantitative estimate of drug-likeness (QED) is 0.669. The molecule has 2 N–H and O–H groups in total. The maximum Gasteiger partial charge on any atom is 0.335 e. The molecule has 1 aliphatic heterocycles. The molecule has 0 bridgehead atoms. The van der Waals surface area contributed by atoms with E-state index in [4.69, 9.17) is 5.11 Å². The molecule has 0 aromatic heterocycles. The van der Waals surface area contributed by atoms with Gasteiger partial charge in [0.1, 0.15) is 0 Å². The number of carbonyl (C=O) groups is 1. The lowest BCUT2D eigenvalue weighted by Crippen LogP contribution is -2.01. The molecule has 1 heterocycles. The molecule has 0 saturated heterocycles. The van der Waals surface area contributed by atoms with Crippen LogP contribution in [-0.4, -0.2) is 11.1 Å². The standard InChI is InChI=1S/C9H7NO2S/c11-9(12)7-1-2-8-6(5-7)3-4-10-13-8/h1-5,10H,(H,11,12). The van der Waals surface area contributed by atoms with Gasteiger partial charge in [0.2, 0.25) is 0 Å². The van der Waals surface area contributed by atoms with Crippen LogP contribution in [0.5, 0.6) is 0 Å². The molecule has 1 aromatic carbocycles. The van der Waals surface area contributed by atoms with Crippen LogP contribution >= 0.6 is 11.9 Å². The number of carboxylic acids is 1. The fourth-order valence-electron chi connectivity index (χ4n) is 1.13. The number of hydrogen-bond acceptors (Lipinski definition) is 3. The van der Waals surface area contributed by atoms with Gasteiger partial charge in [0, 0.05) is 11.1 Å². The Morgan fingerprint density at radius 1 is 1.46 bits per heavy atom. The second-order valence-electron chi connectivity index (χ2n) is 2.61. The number of fused-ring (bicyclic) bond motifs is 1. The highest BCUT2D eigenvalue weighted by Gasteiger charge is 2.08. The first-order valence-electron chi connectivity index (χ1n) is 3.73. The van der Waals surface area contributed by atoms with Crippen molar-refractivity contribution >= 4 is 24.0 Å². The lowest BCUT2D eigenvalue weighted by Gasteiger charge is -2.10. The van der Waals surface area contributed by atoms with Gasteiger partial charge in [-0.1, -0.05) is 0 Å². The van der Waals surface area contributed by atoms with Crippen LogP contribution in [0, 0.1) is 0 Å². The van der Waals surface area contributed by atoms with Crippen molar-refractivity contribution in [3.05, 3.63) is 35.5 Å². The van der Waals surface area contributed by atoms with E-state index in [-0.39, 0.29) is 0 Å². The van der Waals surface area contributed by atoms with Crippen molar-refractivity contribution in [2.24, 2.45) is 0 Å². The lowest BCUT2D eigenvalue weighted by atomic mass is 10.1. The molecule has 2 rings (SSSR count). The van der Waals surface area contributed by atoms with Gasteiger partial charge in [0.05, 0.1) is 5.56 Å². The molecule has 13 heavy (non-hydrogen) atoms. The van der Waals surface area contributed by atoms with Crippen molar-refractivity contribution in [1.29, 1.82) is 0 Å². The molecule has 1 aromatic rings. The number of benzene rings is 1. The summed E-state index contributed by atoms with van der Waals surface area (Å²) in [6.45, 7) is 0. The molecule has 0 aliphatic carbocycles. The monoisotopic (exact) mass is 193 g/mol. The highest BCUT2D eigenvalue weighted by molar-refractivity contribution is 7.97. The fraction of sp³-hybridized carbons (Fsp3) is 0. The highest BCUT2D eigenvalue weighted by atomic mass is 32.2. The summed E-state index contributed by atoms with van der Waals surface area (Å²) in [5.74, 6) is -0.889. The van der Waals surface area contributed by atoms with E-state index in [1.807, 2.05) is 6.08 Å². The molecule has 0 amide bonds. The van der Waals surface area contributed by atoms with Gasteiger partial charge in [-0.3, -0.25) is 0 Å². The molecule has 0 saturated carbocycles. The Morgan fingerprint density at radius 2 is 2.31 bits per heavy atom. The highest BCUT2D eigenvalue weighted by Crippen LogP contribution is 2.25. The van der Waals surface area contributed by atoms with E-state index in [1.165, 1.54) is 11.9 Å². The van der Waals surface area contributed by atoms with E-state index in [9.17, 15) is 4.79 Å². The molecular formula is C9H7NO2S. The third kappa shape index (κ3) is 1.53. The summed E-state index contributed by atoms with van der Waals surface area (Å²) >= 11 is 1.48. The first kappa shape index (κ1) is 8.19. The predicted octanol–water partition coefficient (Wildman–Crippen LogP) is 1.97. The van der Waals surface area contributed by atoms with Gasteiger partial charge in [0.25, 0.3) is 0 Å². The van der Waals surface area contributed by atoms with Gasteiger partial charge < -0.3 is 9.83 Å². The maximum atomic E-state index is 10.6. The first-order valence-corrected chi connectivity index (χ1v) is 4.55. The Bertz CT molecular complexity index is 387. The molecule has 0 radical (unpaired) electrons. The van der Waals surface area contributed by atoms with Gasteiger partial charge in [-0.05, 0) is 41.8 Å². The number of nitrogens with one attached hydrogen (secondary N) is 1. The average molecular weight is 193 g/mol. The zero-order chi connectivity index (χ0) is 9.26. The van der Waals surface area contributed by atoms with Gasteiger partial charge in [0.15, 0.2) is 0 Å². The van der Waals surface area contributed by atoms with Crippen LogP contribution in [0.3, 0.4) is 0 Å². The van der Waals surface area contributed by atoms with Crippen LogP contribution in [0.1, 0.15) is 15.9 Å². The molecule has 0 unspecified atom stereocenters. The van der Waals surface area contributed by atoms with Crippen LogP contribution < -0.4 is 4.72 Å². The van der Waals surface area contributed by atoms with Crippen LogP contribution in [0.2, 0.25) is 0 Å². The predicted molar refractivity (Wildman–Crippen MR) is 51.4 cm³/mol. The Hall–Kier alpha value is -1.42. The van der Waals surface area contributed by atoms with Crippen LogP contribution in [-0.2, 0) is 0 Å². The van der Waals surface area contributed by atoms with E-state index in [0.29, 0.717) is 5.56 Å². The SMILES string of the molecule is O=C(O)c1ccc2c(c1)C=CNS2. The van der Waals surface area contributed by atoms with Crippen LogP contribution in [0.25, 0.3) is 6.08 Å². The zero-order valence-electron chi connectivity index (χ0n) is 6.65. The van der Waals surface area contributed by atoms with Crippen molar-refractivity contribution in [2.75, 3.05) is 0 Å². The van der Waals surface area contributed by atoms with Crippen LogP contribution in [0.4, 0.5) is 0 Å². The topological polar surface area (TPSA) is 49.3 Å². The van der Waals surface area contributed by atoms with Crippen molar-refractivity contribution in [1.82, 2.24) is 4.72 Å². The molecule has 0 fully saturated rings. The van der Waals surface area contributed by atoms with Gasteiger partial charge in [-0.2, -0.15) is 0 Å². The summed E-state index contributed by atoms with van der Waals surface area (Å²) in [6, 6.07) is 5.08. The summed E-state index contributed by atoms with van der Waals surface area (Å²) in [6.07, 6.45) is 3.65. The van der Waals surface area contributed by atoms with Gasteiger partial charge in [-0.15, -0.1) is 0 Å². The normalized spacial score (nSPS) is 13.2. The third-order valence-corrected chi connectivity index (χ3v) is 2.60. The Labute approximate surface area is 79.6 Å². The van der Waals surface area contributed by atoms with Crippen molar-refractivity contribution in [2.45, 2.75) is 4.90 Å². The second kappa shape index (κ2) is 3.14. The minimum atomic E-state index is -0.889. The minimum Gasteiger partial charge on any atom is -0.478 e.